The van der Waals surface area contributed by atoms with Crippen LogP contribution in [0.1, 0.15) is 22.3 Å². The van der Waals surface area contributed by atoms with Crippen LogP contribution in [0, 0.1) is 11.8 Å². The van der Waals surface area contributed by atoms with Crippen molar-refractivity contribution in [3.05, 3.63) is 47.8 Å². The number of rotatable bonds is 3. The lowest BCUT2D eigenvalue weighted by Crippen LogP contribution is -2.11. The smallest absolute Gasteiger partial charge is 0.258 e. The molecule has 0 saturated carbocycles. The topological polar surface area (TPSA) is 78.0 Å². The van der Waals surface area contributed by atoms with Crippen LogP contribution in [0.25, 0.3) is 0 Å². The number of anilines is 1. The van der Waals surface area contributed by atoms with Crippen LogP contribution < -0.4 is 5.32 Å². The number of amides is 1. The maximum absolute atomic E-state index is 11.9. The Morgan fingerprint density at radius 2 is 2.26 bits per heavy atom. The van der Waals surface area contributed by atoms with Gasteiger partial charge in [0.05, 0.1) is 24.1 Å². The molecule has 1 amide bonds. The maximum atomic E-state index is 11.9. The van der Waals surface area contributed by atoms with Gasteiger partial charge in [0.1, 0.15) is 0 Å². The Labute approximate surface area is 110 Å². The summed E-state index contributed by atoms with van der Waals surface area (Å²) in [6.07, 6.45) is 3.38. The minimum atomic E-state index is -0.245. The van der Waals surface area contributed by atoms with Gasteiger partial charge in [-0.2, -0.15) is 5.10 Å². The predicted octanol–water partition coefficient (Wildman–Crippen LogP) is 1.40. The molecule has 0 saturated heterocycles. The number of aromatic nitrogens is 2. The number of nitrogens with zero attached hydrogens (tertiary/aromatic N) is 1. The summed E-state index contributed by atoms with van der Waals surface area (Å²) in [5, 5.41) is 17.8. The van der Waals surface area contributed by atoms with Gasteiger partial charge >= 0.3 is 0 Å². The molecule has 2 rings (SSSR count). The normalized spacial score (nSPS) is 9.53. The van der Waals surface area contributed by atoms with Gasteiger partial charge in [0, 0.05) is 18.2 Å². The minimum Gasteiger partial charge on any atom is -0.395 e. The standard InChI is InChI=1S/C14H13N3O2/c18-8-4-3-6-11-5-1-2-7-13(11)17-14(19)12-9-15-16-10-12/h1-2,5,7,9-10,18H,4,8H2,(H,15,16)(H,17,19). The van der Waals surface area contributed by atoms with Crippen LogP contribution in [0.3, 0.4) is 0 Å². The van der Waals surface area contributed by atoms with E-state index in [1.807, 2.05) is 18.2 Å². The van der Waals surface area contributed by atoms with Crippen LogP contribution in [0.15, 0.2) is 36.7 Å². The molecule has 0 spiro atoms. The van der Waals surface area contributed by atoms with Gasteiger partial charge in [-0.15, -0.1) is 0 Å². The summed E-state index contributed by atoms with van der Waals surface area (Å²) in [6, 6.07) is 7.26. The van der Waals surface area contributed by atoms with Crippen LogP contribution in [-0.2, 0) is 0 Å². The number of carbonyl (C=O) groups excluding carboxylic acids is 1. The van der Waals surface area contributed by atoms with E-state index in [-0.39, 0.29) is 12.5 Å². The molecule has 3 N–H and O–H groups in total. The van der Waals surface area contributed by atoms with Crippen molar-refractivity contribution < 1.29 is 9.90 Å². The predicted molar refractivity (Wildman–Crippen MR) is 71.6 cm³/mol. The van der Waals surface area contributed by atoms with Crippen LogP contribution in [0.2, 0.25) is 0 Å². The Kier molecular flexibility index (Phi) is 4.32. The fourth-order valence-electron chi connectivity index (χ4n) is 1.48. The van der Waals surface area contributed by atoms with Crippen LogP contribution in [0.5, 0.6) is 0 Å². The molecule has 5 nitrogen and oxygen atoms in total. The number of aliphatic hydroxyl groups excluding tert-OH is 1. The number of carbonyl (C=O) groups is 1. The summed E-state index contributed by atoms with van der Waals surface area (Å²) in [5.74, 6) is 5.50. The average molecular weight is 255 g/mol. The minimum absolute atomic E-state index is 0.0244. The zero-order valence-corrected chi connectivity index (χ0v) is 10.2. The van der Waals surface area contributed by atoms with Crippen molar-refractivity contribution in [2.24, 2.45) is 0 Å². The molecule has 1 aromatic heterocycles. The van der Waals surface area contributed by atoms with Gasteiger partial charge in [-0.1, -0.05) is 24.0 Å². The van der Waals surface area contributed by atoms with Gasteiger partial charge in [-0.25, -0.2) is 0 Å². The monoisotopic (exact) mass is 255 g/mol. The molecule has 0 bridgehead atoms. The molecule has 96 valence electrons. The number of para-hydroxylation sites is 1. The van der Waals surface area contributed by atoms with E-state index in [9.17, 15) is 4.79 Å². The lowest BCUT2D eigenvalue weighted by Gasteiger charge is -2.05. The van der Waals surface area contributed by atoms with Crippen LogP contribution >= 0.6 is 0 Å². The maximum Gasteiger partial charge on any atom is 0.258 e. The Morgan fingerprint density at radius 1 is 1.42 bits per heavy atom. The van der Waals surface area contributed by atoms with Gasteiger partial charge < -0.3 is 10.4 Å². The van der Waals surface area contributed by atoms with E-state index in [0.29, 0.717) is 23.2 Å². The van der Waals surface area contributed by atoms with E-state index in [0.717, 1.165) is 0 Å². The number of benzene rings is 1. The molecule has 0 fully saturated rings. The number of aliphatic hydroxyl groups is 1. The summed E-state index contributed by atoms with van der Waals surface area (Å²) in [5.41, 5.74) is 1.81. The molecule has 0 unspecified atom stereocenters. The molecule has 1 heterocycles. The van der Waals surface area contributed by atoms with Crippen molar-refractivity contribution >= 4 is 11.6 Å². The largest absolute Gasteiger partial charge is 0.395 e. The highest BCUT2D eigenvalue weighted by Crippen LogP contribution is 2.14. The number of aromatic amines is 1. The third kappa shape index (κ3) is 3.44. The highest BCUT2D eigenvalue weighted by Gasteiger charge is 2.08. The molecule has 19 heavy (non-hydrogen) atoms. The molecule has 0 aliphatic heterocycles. The zero-order valence-electron chi connectivity index (χ0n) is 10.2. The van der Waals surface area contributed by atoms with Gasteiger partial charge in [0.15, 0.2) is 0 Å². The molecule has 0 aliphatic rings. The van der Waals surface area contributed by atoms with Crippen LogP contribution in [-0.4, -0.2) is 27.8 Å². The van der Waals surface area contributed by atoms with Crippen molar-refractivity contribution in [3.63, 3.8) is 0 Å². The summed E-state index contributed by atoms with van der Waals surface area (Å²) < 4.78 is 0. The fourth-order valence-corrected chi connectivity index (χ4v) is 1.48. The number of nitrogens with one attached hydrogen (secondary N) is 2. The second-order valence-electron chi connectivity index (χ2n) is 3.76. The molecule has 2 aromatic rings. The first-order chi connectivity index (χ1) is 9.31. The number of H-pyrrole nitrogens is 1. The van der Waals surface area contributed by atoms with Gasteiger partial charge in [0.25, 0.3) is 5.91 Å². The van der Waals surface area contributed by atoms with E-state index in [2.05, 4.69) is 27.4 Å². The molecular weight excluding hydrogens is 242 g/mol. The first kappa shape index (κ1) is 12.9. The van der Waals surface area contributed by atoms with Gasteiger partial charge in [-0.05, 0) is 12.1 Å². The molecule has 0 atom stereocenters. The van der Waals surface area contributed by atoms with Gasteiger partial charge in [0.2, 0.25) is 0 Å². The van der Waals surface area contributed by atoms with Crippen molar-refractivity contribution in [3.8, 4) is 11.8 Å². The number of hydrogen-bond acceptors (Lipinski definition) is 3. The van der Waals surface area contributed by atoms with Gasteiger partial charge in [-0.3, -0.25) is 9.89 Å². The van der Waals surface area contributed by atoms with Crippen molar-refractivity contribution in [2.45, 2.75) is 6.42 Å². The highest BCUT2D eigenvalue weighted by atomic mass is 16.2. The Morgan fingerprint density at radius 3 is 3.00 bits per heavy atom. The molecule has 0 radical (unpaired) electrons. The van der Waals surface area contributed by atoms with Crippen molar-refractivity contribution in [1.29, 1.82) is 0 Å². The van der Waals surface area contributed by atoms with E-state index in [4.69, 9.17) is 5.11 Å². The first-order valence-electron chi connectivity index (χ1n) is 5.80. The third-order valence-corrected chi connectivity index (χ3v) is 2.40. The second kappa shape index (κ2) is 6.38. The summed E-state index contributed by atoms with van der Waals surface area (Å²) in [4.78, 5) is 11.9. The fraction of sp³-hybridized carbons (Fsp3) is 0.143. The quantitative estimate of drug-likeness (QED) is 0.725. The Bertz CT molecular complexity index is 609. The Balaban J connectivity index is 2.17. The summed E-state index contributed by atoms with van der Waals surface area (Å²) in [6.45, 7) is 0.0244. The van der Waals surface area contributed by atoms with E-state index < -0.39 is 0 Å². The van der Waals surface area contributed by atoms with Crippen molar-refractivity contribution in [2.75, 3.05) is 11.9 Å². The second-order valence-corrected chi connectivity index (χ2v) is 3.76. The van der Waals surface area contributed by atoms with Crippen LogP contribution in [0.4, 0.5) is 5.69 Å². The number of hydrogen-bond donors (Lipinski definition) is 3. The van der Waals surface area contributed by atoms with E-state index in [1.54, 1.807) is 6.07 Å². The Hall–Kier alpha value is -2.58. The molecular formula is C14H13N3O2. The highest BCUT2D eigenvalue weighted by molar-refractivity contribution is 6.04. The zero-order chi connectivity index (χ0) is 13.5. The lowest BCUT2D eigenvalue weighted by molar-refractivity contribution is 0.102. The third-order valence-electron chi connectivity index (χ3n) is 2.40. The first-order valence-corrected chi connectivity index (χ1v) is 5.80. The summed E-state index contributed by atoms with van der Waals surface area (Å²) in [7, 11) is 0. The molecule has 1 aromatic carbocycles. The van der Waals surface area contributed by atoms with Crippen molar-refractivity contribution in [1.82, 2.24) is 10.2 Å². The average Bonchev–Trinajstić information content (AvgIpc) is 2.95. The SMILES string of the molecule is O=C(Nc1ccccc1C#CCCO)c1cn[nH]c1. The molecule has 0 aliphatic carbocycles. The summed E-state index contributed by atoms with van der Waals surface area (Å²) >= 11 is 0. The molecule has 5 heteroatoms. The lowest BCUT2D eigenvalue weighted by atomic mass is 10.1. The van der Waals surface area contributed by atoms with E-state index >= 15 is 0 Å². The van der Waals surface area contributed by atoms with E-state index in [1.165, 1.54) is 12.4 Å².